The van der Waals surface area contributed by atoms with Gasteiger partial charge in [0.2, 0.25) is 0 Å². The molecule has 0 aliphatic heterocycles. The Hall–Kier alpha value is -2.59. The van der Waals surface area contributed by atoms with Crippen LogP contribution in [0.5, 0.6) is 0 Å². The number of carbonyl (C=O) groups is 1. The quantitative estimate of drug-likeness (QED) is 0.875. The molecular weight excluding hydrogens is 330 g/mol. The summed E-state index contributed by atoms with van der Waals surface area (Å²) in [6.45, 7) is -1.96. The van der Waals surface area contributed by atoms with E-state index in [1.165, 1.54) is 24.5 Å². The molecule has 0 aliphatic rings. The number of rotatable bonds is 3. The molecule has 11 heteroatoms. The van der Waals surface area contributed by atoms with Gasteiger partial charge in [-0.2, -0.15) is 31.4 Å². The highest BCUT2D eigenvalue weighted by Gasteiger charge is 2.42. The van der Waals surface area contributed by atoms with Gasteiger partial charge in [-0.1, -0.05) is 0 Å². The normalized spacial score (nSPS) is 12.3. The highest BCUT2D eigenvalue weighted by molar-refractivity contribution is 6.05. The molecule has 23 heavy (non-hydrogen) atoms. The Morgan fingerprint density at radius 1 is 1.17 bits per heavy atom. The molecule has 0 fully saturated rings. The fraction of sp³-hybridized carbons (Fsp3) is 0.250. The van der Waals surface area contributed by atoms with E-state index in [-0.39, 0.29) is 10.4 Å². The van der Waals surface area contributed by atoms with E-state index < -0.39 is 36.1 Å². The van der Waals surface area contributed by atoms with E-state index in [9.17, 15) is 31.1 Å². The van der Waals surface area contributed by atoms with Crippen molar-refractivity contribution in [2.45, 2.75) is 18.9 Å². The van der Waals surface area contributed by atoms with Crippen LogP contribution in [-0.4, -0.2) is 26.8 Å². The van der Waals surface area contributed by atoms with Crippen molar-refractivity contribution in [1.29, 1.82) is 0 Å². The average Bonchev–Trinajstić information content (AvgIpc) is 2.81. The summed E-state index contributed by atoms with van der Waals surface area (Å²) in [5, 5.41) is 5.14. The Labute approximate surface area is 124 Å². The number of nitrogens with one attached hydrogen (secondary N) is 1. The summed E-state index contributed by atoms with van der Waals surface area (Å²) in [6, 6.07) is 2.78. The minimum atomic E-state index is -5.18. The summed E-state index contributed by atoms with van der Waals surface area (Å²) in [6.07, 6.45) is -7.10. The van der Waals surface area contributed by atoms with Crippen LogP contribution in [0.2, 0.25) is 0 Å². The van der Waals surface area contributed by atoms with Crippen LogP contribution in [-0.2, 0) is 12.7 Å². The zero-order valence-electron chi connectivity index (χ0n) is 11.1. The number of hydrogen-bond acceptors (Lipinski definition) is 3. The van der Waals surface area contributed by atoms with Gasteiger partial charge in [-0.3, -0.25) is 14.5 Å². The lowest BCUT2D eigenvalue weighted by atomic mass is 10.2. The largest absolute Gasteiger partial charge is 0.433 e. The van der Waals surface area contributed by atoms with Crippen molar-refractivity contribution in [3.8, 4) is 0 Å². The number of nitrogens with zero attached hydrogens (tertiary/aromatic N) is 3. The second-order valence-corrected chi connectivity index (χ2v) is 4.37. The third-order valence-corrected chi connectivity index (χ3v) is 2.60. The molecule has 0 bridgehead atoms. The molecule has 0 aromatic carbocycles. The third kappa shape index (κ3) is 4.20. The van der Waals surface area contributed by atoms with Gasteiger partial charge in [0.25, 0.3) is 5.91 Å². The molecule has 0 radical (unpaired) electrons. The van der Waals surface area contributed by atoms with Crippen molar-refractivity contribution in [3.05, 3.63) is 42.0 Å². The number of anilines is 1. The highest BCUT2D eigenvalue weighted by Crippen LogP contribution is 2.33. The maximum atomic E-state index is 13.0. The number of pyridine rings is 1. The Morgan fingerprint density at radius 2 is 1.87 bits per heavy atom. The maximum absolute atomic E-state index is 13.0. The van der Waals surface area contributed by atoms with E-state index in [1.807, 2.05) is 0 Å². The molecule has 0 saturated heterocycles. The molecule has 1 amide bonds. The van der Waals surface area contributed by atoms with Gasteiger partial charge < -0.3 is 5.32 Å². The highest BCUT2D eigenvalue weighted by atomic mass is 19.4. The zero-order valence-corrected chi connectivity index (χ0v) is 11.1. The Morgan fingerprint density at radius 3 is 2.39 bits per heavy atom. The molecule has 0 spiro atoms. The molecule has 2 aromatic heterocycles. The monoisotopic (exact) mass is 338 g/mol. The molecule has 0 aliphatic carbocycles. The van der Waals surface area contributed by atoms with Gasteiger partial charge in [-0.25, -0.2) is 0 Å². The topological polar surface area (TPSA) is 59.8 Å². The second-order valence-electron chi connectivity index (χ2n) is 4.37. The molecule has 0 unspecified atom stereocenters. The van der Waals surface area contributed by atoms with Crippen LogP contribution in [0.1, 0.15) is 16.1 Å². The standard InChI is InChI=1S/C12H8F6N4O/c13-11(14,15)6-22-9(12(16,17)18)8(5-20-22)10(23)21-7-2-1-3-19-4-7/h1-5H,6H2,(H,21,23). The Balaban J connectivity index is 2.37. The van der Waals surface area contributed by atoms with Gasteiger partial charge >= 0.3 is 12.4 Å². The van der Waals surface area contributed by atoms with Crippen molar-refractivity contribution < 1.29 is 31.1 Å². The van der Waals surface area contributed by atoms with Crippen LogP contribution in [0.3, 0.4) is 0 Å². The molecule has 5 nitrogen and oxygen atoms in total. The van der Waals surface area contributed by atoms with E-state index >= 15 is 0 Å². The van der Waals surface area contributed by atoms with Crippen molar-refractivity contribution >= 4 is 11.6 Å². The number of carbonyl (C=O) groups excluding carboxylic acids is 1. The van der Waals surface area contributed by atoms with Gasteiger partial charge in [0.1, 0.15) is 6.54 Å². The predicted molar refractivity (Wildman–Crippen MR) is 65.5 cm³/mol. The van der Waals surface area contributed by atoms with Gasteiger partial charge in [-0.15, -0.1) is 0 Å². The smallest absolute Gasteiger partial charge is 0.320 e. The van der Waals surface area contributed by atoms with Crippen molar-refractivity contribution in [1.82, 2.24) is 14.8 Å². The minimum Gasteiger partial charge on any atom is -0.320 e. The van der Waals surface area contributed by atoms with Crippen LogP contribution < -0.4 is 5.32 Å². The van der Waals surface area contributed by atoms with Crippen LogP contribution in [0, 0.1) is 0 Å². The van der Waals surface area contributed by atoms with E-state index in [0.29, 0.717) is 6.20 Å². The van der Waals surface area contributed by atoms with Crippen molar-refractivity contribution in [3.63, 3.8) is 0 Å². The summed E-state index contributed by atoms with van der Waals surface area (Å²) in [7, 11) is 0. The minimum absolute atomic E-state index is 0.0918. The lowest BCUT2D eigenvalue weighted by Gasteiger charge is -2.14. The lowest BCUT2D eigenvalue weighted by Crippen LogP contribution is -2.26. The summed E-state index contributed by atoms with van der Waals surface area (Å²) >= 11 is 0. The second kappa shape index (κ2) is 5.89. The van der Waals surface area contributed by atoms with Crippen molar-refractivity contribution in [2.24, 2.45) is 0 Å². The maximum Gasteiger partial charge on any atom is 0.433 e. The molecule has 2 aromatic rings. The fourth-order valence-corrected chi connectivity index (χ4v) is 1.78. The Bertz CT molecular complexity index is 692. The van der Waals surface area contributed by atoms with Gasteiger partial charge in [0.15, 0.2) is 5.69 Å². The summed E-state index contributed by atoms with van der Waals surface area (Å²) in [4.78, 5) is 15.5. The van der Waals surface area contributed by atoms with Gasteiger partial charge in [-0.05, 0) is 12.1 Å². The first-order chi connectivity index (χ1) is 10.6. The third-order valence-electron chi connectivity index (χ3n) is 2.60. The Kier molecular flexibility index (Phi) is 4.30. The van der Waals surface area contributed by atoms with E-state index in [1.54, 1.807) is 0 Å². The van der Waals surface area contributed by atoms with Crippen LogP contribution >= 0.6 is 0 Å². The molecular formula is C12H8F6N4O. The summed E-state index contributed by atoms with van der Waals surface area (Å²) < 4.78 is 75.7. The van der Waals surface area contributed by atoms with E-state index in [0.717, 1.165) is 0 Å². The number of amides is 1. The van der Waals surface area contributed by atoms with Crippen LogP contribution in [0.25, 0.3) is 0 Å². The fourth-order valence-electron chi connectivity index (χ4n) is 1.78. The first-order valence-corrected chi connectivity index (χ1v) is 5.99. The summed E-state index contributed by atoms with van der Waals surface area (Å²) in [5.41, 5.74) is -2.68. The van der Waals surface area contributed by atoms with Gasteiger partial charge in [0, 0.05) is 6.20 Å². The predicted octanol–water partition coefficient (Wildman–Crippen LogP) is 3.11. The summed E-state index contributed by atoms with van der Waals surface area (Å²) in [5.74, 6) is -1.24. The number of aromatic nitrogens is 3. The first-order valence-electron chi connectivity index (χ1n) is 5.99. The van der Waals surface area contributed by atoms with Crippen LogP contribution in [0.4, 0.5) is 32.0 Å². The molecule has 2 heterocycles. The van der Waals surface area contributed by atoms with E-state index in [4.69, 9.17) is 0 Å². The molecule has 2 rings (SSSR count). The van der Waals surface area contributed by atoms with E-state index in [2.05, 4.69) is 15.4 Å². The number of hydrogen-bond donors (Lipinski definition) is 1. The zero-order chi connectivity index (χ0) is 17.3. The molecule has 1 N–H and O–H groups in total. The number of alkyl halides is 6. The molecule has 0 saturated carbocycles. The average molecular weight is 338 g/mol. The lowest BCUT2D eigenvalue weighted by molar-refractivity contribution is -0.161. The van der Waals surface area contributed by atoms with Crippen molar-refractivity contribution in [2.75, 3.05) is 5.32 Å². The molecule has 0 atom stereocenters. The van der Waals surface area contributed by atoms with Crippen LogP contribution in [0.15, 0.2) is 30.7 Å². The van der Waals surface area contributed by atoms with Gasteiger partial charge in [0.05, 0.1) is 23.6 Å². The molecule has 124 valence electrons. The first kappa shape index (κ1) is 16.8. The number of halogens is 6. The SMILES string of the molecule is O=C(Nc1cccnc1)c1cnn(CC(F)(F)F)c1C(F)(F)F.